The van der Waals surface area contributed by atoms with E-state index in [2.05, 4.69) is 5.32 Å². The Morgan fingerprint density at radius 2 is 2.36 bits per heavy atom. The number of allylic oxidation sites excluding steroid dienone is 2. The summed E-state index contributed by atoms with van der Waals surface area (Å²) in [6.45, 7) is 0.629. The fraction of sp³-hybridized carbons (Fsp3) is 0.500. The summed E-state index contributed by atoms with van der Waals surface area (Å²) in [6, 6.07) is 0.162. The van der Waals surface area contributed by atoms with Gasteiger partial charge in [0.2, 0.25) is 0 Å². The molecule has 1 aliphatic heterocycles. The van der Waals surface area contributed by atoms with E-state index in [9.17, 15) is 0 Å². The predicted molar refractivity (Wildman–Crippen MR) is 43.0 cm³/mol. The van der Waals surface area contributed by atoms with Crippen LogP contribution in [0.5, 0.6) is 0 Å². The Bertz CT molecular complexity index is 175. The zero-order valence-electron chi connectivity index (χ0n) is 6.83. The van der Waals surface area contributed by atoms with E-state index in [1.54, 1.807) is 14.2 Å². The Morgan fingerprint density at radius 1 is 1.55 bits per heavy atom. The second kappa shape index (κ2) is 4.03. The minimum atomic E-state index is 0.162. The number of ether oxygens (including phenoxy) is 2. The molecule has 0 bridgehead atoms. The lowest BCUT2D eigenvalue weighted by atomic mass is 10.2. The van der Waals surface area contributed by atoms with Gasteiger partial charge in [-0.05, 0) is 18.4 Å². The van der Waals surface area contributed by atoms with Gasteiger partial charge in [-0.3, -0.25) is 0 Å². The van der Waals surface area contributed by atoms with Crippen molar-refractivity contribution < 1.29 is 9.47 Å². The van der Waals surface area contributed by atoms with Gasteiger partial charge in [0.15, 0.2) is 0 Å². The Hall–Kier alpha value is -0.960. The topological polar surface area (TPSA) is 30.5 Å². The van der Waals surface area contributed by atoms with Crippen LogP contribution in [-0.4, -0.2) is 26.9 Å². The monoisotopic (exact) mass is 155 g/mol. The first-order chi connectivity index (χ1) is 5.38. The molecule has 0 spiro atoms. The molecule has 0 saturated carbocycles. The van der Waals surface area contributed by atoms with Crippen molar-refractivity contribution in [1.29, 1.82) is 0 Å². The molecule has 62 valence electrons. The quantitative estimate of drug-likeness (QED) is 0.649. The molecule has 1 heterocycles. The molecular formula is C8H13NO2. The maximum absolute atomic E-state index is 5.12. The van der Waals surface area contributed by atoms with Crippen LogP contribution < -0.4 is 5.32 Å². The summed E-state index contributed by atoms with van der Waals surface area (Å²) in [6.07, 6.45) is 5.72. The molecule has 0 aromatic carbocycles. The van der Waals surface area contributed by atoms with Crippen LogP contribution in [0.2, 0.25) is 0 Å². The van der Waals surface area contributed by atoms with Crippen LogP contribution in [0, 0.1) is 0 Å². The molecule has 3 nitrogen and oxygen atoms in total. The summed E-state index contributed by atoms with van der Waals surface area (Å²) >= 11 is 0. The minimum absolute atomic E-state index is 0.162. The smallest absolute Gasteiger partial charge is 0.120 e. The molecule has 1 rings (SSSR count). The van der Waals surface area contributed by atoms with Crippen molar-refractivity contribution in [1.82, 2.24) is 5.32 Å². The molecule has 1 unspecified atom stereocenters. The van der Waals surface area contributed by atoms with E-state index in [-0.39, 0.29) is 6.04 Å². The summed E-state index contributed by atoms with van der Waals surface area (Å²) < 4.78 is 10.1. The molecule has 1 atom stereocenters. The Labute approximate surface area is 66.7 Å². The van der Waals surface area contributed by atoms with Crippen molar-refractivity contribution in [2.75, 3.05) is 20.8 Å². The highest BCUT2D eigenvalue weighted by molar-refractivity contribution is 5.18. The molecule has 0 aromatic heterocycles. The van der Waals surface area contributed by atoms with Crippen LogP contribution in [0.4, 0.5) is 0 Å². The molecule has 1 aliphatic rings. The number of dihydropyridines is 1. The van der Waals surface area contributed by atoms with Crippen molar-refractivity contribution in [3.8, 4) is 0 Å². The normalized spacial score (nSPS) is 22.4. The number of nitrogens with one attached hydrogen (secondary N) is 1. The molecule has 0 aliphatic carbocycles. The number of rotatable bonds is 3. The van der Waals surface area contributed by atoms with Gasteiger partial charge < -0.3 is 14.8 Å². The average molecular weight is 155 g/mol. The second-order valence-electron chi connectivity index (χ2n) is 2.31. The number of hydrogen-bond donors (Lipinski definition) is 1. The third kappa shape index (κ3) is 1.98. The highest BCUT2D eigenvalue weighted by atomic mass is 16.5. The Kier molecular flexibility index (Phi) is 2.98. The van der Waals surface area contributed by atoms with Crippen molar-refractivity contribution in [3.05, 3.63) is 24.1 Å². The van der Waals surface area contributed by atoms with Gasteiger partial charge >= 0.3 is 0 Å². The molecule has 0 radical (unpaired) electrons. The van der Waals surface area contributed by atoms with Crippen LogP contribution in [0.3, 0.4) is 0 Å². The summed E-state index contributed by atoms with van der Waals surface area (Å²) in [7, 11) is 3.34. The van der Waals surface area contributed by atoms with Crippen LogP contribution >= 0.6 is 0 Å². The van der Waals surface area contributed by atoms with Crippen molar-refractivity contribution in [2.45, 2.75) is 6.04 Å². The van der Waals surface area contributed by atoms with E-state index >= 15 is 0 Å². The Balaban J connectivity index is 2.52. The zero-order valence-corrected chi connectivity index (χ0v) is 6.83. The molecule has 11 heavy (non-hydrogen) atoms. The van der Waals surface area contributed by atoms with E-state index in [0.717, 1.165) is 5.76 Å². The fourth-order valence-electron chi connectivity index (χ4n) is 1.02. The summed E-state index contributed by atoms with van der Waals surface area (Å²) in [5.41, 5.74) is 0. The van der Waals surface area contributed by atoms with Crippen molar-refractivity contribution >= 4 is 0 Å². The molecule has 0 fully saturated rings. The first kappa shape index (κ1) is 8.14. The molecule has 3 heteroatoms. The molecule has 1 N–H and O–H groups in total. The fourth-order valence-corrected chi connectivity index (χ4v) is 1.02. The lowest BCUT2D eigenvalue weighted by Crippen LogP contribution is -2.33. The average Bonchev–Trinajstić information content (AvgIpc) is 2.06. The third-order valence-electron chi connectivity index (χ3n) is 1.57. The molecule has 0 amide bonds. The summed E-state index contributed by atoms with van der Waals surface area (Å²) in [4.78, 5) is 0. The van der Waals surface area contributed by atoms with Gasteiger partial charge in [0.25, 0.3) is 0 Å². The first-order valence-corrected chi connectivity index (χ1v) is 3.54. The van der Waals surface area contributed by atoms with Gasteiger partial charge in [-0.1, -0.05) is 0 Å². The van der Waals surface area contributed by atoms with Crippen LogP contribution in [0.25, 0.3) is 0 Å². The van der Waals surface area contributed by atoms with E-state index < -0.39 is 0 Å². The van der Waals surface area contributed by atoms with E-state index in [1.165, 1.54) is 0 Å². The highest BCUT2D eigenvalue weighted by Gasteiger charge is 2.13. The van der Waals surface area contributed by atoms with Crippen LogP contribution in [0.1, 0.15) is 0 Å². The first-order valence-electron chi connectivity index (χ1n) is 3.54. The highest BCUT2D eigenvalue weighted by Crippen LogP contribution is 2.07. The van der Waals surface area contributed by atoms with Gasteiger partial charge in [0, 0.05) is 7.11 Å². The minimum Gasteiger partial charge on any atom is -0.499 e. The third-order valence-corrected chi connectivity index (χ3v) is 1.57. The molecule has 0 aromatic rings. The summed E-state index contributed by atoms with van der Waals surface area (Å²) in [5, 5.41) is 3.12. The Morgan fingerprint density at radius 3 is 3.00 bits per heavy atom. The van der Waals surface area contributed by atoms with E-state index in [0.29, 0.717) is 6.61 Å². The van der Waals surface area contributed by atoms with Gasteiger partial charge in [0.05, 0.1) is 13.7 Å². The largest absolute Gasteiger partial charge is 0.499 e. The standard InChI is InChI=1S/C8H13NO2/c1-10-6-7-8(11-2)4-3-5-9-7/h3-5,7,9H,6H2,1-2H3. The van der Waals surface area contributed by atoms with Crippen molar-refractivity contribution in [2.24, 2.45) is 0 Å². The van der Waals surface area contributed by atoms with Crippen LogP contribution in [-0.2, 0) is 9.47 Å². The van der Waals surface area contributed by atoms with Crippen LogP contribution in [0.15, 0.2) is 24.1 Å². The van der Waals surface area contributed by atoms with Gasteiger partial charge in [-0.15, -0.1) is 0 Å². The van der Waals surface area contributed by atoms with E-state index in [4.69, 9.17) is 9.47 Å². The summed E-state index contributed by atoms with van der Waals surface area (Å²) in [5.74, 6) is 0.911. The predicted octanol–water partition coefficient (Wildman–Crippen LogP) is 0.649. The number of methoxy groups -OCH3 is 2. The lowest BCUT2D eigenvalue weighted by Gasteiger charge is -2.20. The zero-order chi connectivity index (χ0) is 8.10. The van der Waals surface area contributed by atoms with Gasteiger partial charge in [-0.2, -0.15) is 0 Å². The number of hydrogen-bond acceptors (Lipinski definition) is 3. The second-order valence-corrected chi connectivity index (χ2v) is 2.31. The maximum Gasteiger partial charge on any atom is 0.120 e. The SMILES string of the molecule is COCC1NC=CC=C1OC. The van der Waals surface area contributed by atoms with Gasteiger partial charge in [0.1, 0.15) is 11.8 Å². The van der Waals surface area contributed by atoms with E-state index in [1.807, 2.05) is 18.4 Å². The molecular weight excluding hydrogens is 142 g/mol. The maximum atomic E-state index is 5.12. The lowest BCUT2D eigenvalue weighted by molar-refractivity contribution is 0.150. The molecule has 0 saturated heterocycles. The van der Waals surface area contributed by atoms with Crippen molar-refractivity contribution in [3.63, 3.8) is 0 Å². The van der Waals surface area contributed by atoms with Gasteiger partial charge in [-0.25, -0.2) is 0 Å².